The van der Waals surface area contributed by atoms with Gasteiger partial charge >= 0.3 is 0 Å². The summed E-state index contributed by atoms with van der Waals surface area (Å²) in [4.78, 5) is 0. The van der Waals surface area contributed by atoms with E-state index in [2.05, 4.69) is 32.0 Å². The van der Waals surface area contributed by atoms with Gasteiger partial charge in [0.1, 0.15) is 5.75 Å². The van der Waals surface area contributed by atoms with Gasteiger partial charge < -0.3 is 15.2 Å². The molecule has 1 fully saturated rings. The molecule has 18 heavy (non-hydrogen) atoms. The molecule has 0 amide bonds. The van der Waals surface area contributed by atoms with E-state index in [1.54, 1.807) is 7.11 Å². The Morgan fingerprint density at radius 2 is 2.17 bits per heavy atom. The van der Waals surface area contributed by atoms with Gasteiger partial charge in [-0.25, -0.2) is 0 Å². The van der Waals surface area contributed by atoms with E-state index in [0.717, 1.165) is 31.8 Å². The van der Waals surface area contributed by atoms with Gasteiger partial charge in [-0.2, -0.15) is 0 Å². The molecule has 2 rings (SSSR count). The molecule has 1 unspecified atom stereocenters. The highest BCUT2D eigenvalue weighted by Gasteiger charge is 2.42. The second kappa shape index (κ2) is 5.29. The zero-order valence-corrected chi connectivity index (χ0v) is 11.5. The van der Waals surface area contributed by atoms with Crippen molar-refractivity contribution < 1.29 is 9.47 Å². The Hall–Kier alpha value is -1.06. The molecule has 3 nitrogen and oxygen atoms in total. The molecule has 0 spiro atoms. The zero-order valence-electron chi connectivity index (χ0n) is 11.5. The first-order valence-corrected chi connectivity index (χ1v) is 6.62. The van der Waals surface area contributed by atoms with E-state index < -0.39 is 0 Å². The highest BCUT2D eigenvalue weighted by molar-refractivity contribution is 5.44. The van der Waals surface area contributed by atoms with Crippen LogP contribution < -0.4 is 10.5 Å². The quantitative estimate of drug-likeness (QED) is 0.870. The van der Waals surface area contributed by atoms with Crippen molar-refractivity contribution in [3.05, 3.63) is 29.3 Å². The van der Waals surface area contributed by atoms with E-state index in [-0.39, 0.29) is 11.5 Å². The number of hydrogen-bond acceptors (Lipinski definition) is 3. The molecule has 1 aliphatic heterocycles. The van der Waals surface area contributed by atoms with Crippen LogP contribution in [-0.2, 0) is 16.6 Å². The third-order valence-corrected chi connectivity index (χ3v) is 3.71. The first kappa shape index (κ1) is 13.4. The van der Waals surface area contributed by atoms with Gasteiger partial charge in [0, 0.05) is 17.0 Å². The van der Waals surface area contributed by atoms with E-state index in [4.69, 9.17) is 15.2 Å². The van der Waals surface area contributed by atoms with Gasteiger partial charge in [0.25, 0.3) is 0 Å². The van der Waals surface area contributed by atoms with Crippen LogP contribution in [0.3, 0.4) is 0 Å². The first-order chi connectivity index (χ1) is 8.61. The van der Waals surface area contributed by atoms with Crippen LogP contribution in [0.25, 0.3) is 0 Å². The molecule has 1 aromatic carbocycles. The molecule has 0 saturated carbocycles. The van der Waals surface area contributed by atoms with Crippen LogP contribution in [0.4, 0.5) is 0 Å². The Morgan fingerprint density at radius 3 is 2.61 bits per heavy atom. The molecule has 1 heterocycles. The van der Waals surface area contributed by atoms with Crippen molar-refractivity contribution in [2.24, 2.45) is 5.73 Å². The van der Waals surface area contributed by atoms with E-state index in [1.165, 1.54) is 11.1 Å². The summed E-state index contributed by atoms with van der Waals surface area (Å²) < 4.78 is 11.0. The summed E-state index contributed by atoms with van der Waals surface area (Å²) in [6, 6.07) is 6.62. The van der Waals surface area contributed by atoms with Gasteiger partial charge in [0.15, 0.2) is 0 Å². The van der Waals surface area contributed by atoms with Gasteiger partial charge in [-0.15, -0.1) is 0 Å². The largest absolute Gasteiger partial charge is 0.496 e. The maximum Gasteiger partial charge on any atom is 0.122 e. The van der Waals surface area contributed by atoms with Gasteiger partial charge in [-0.05, 0) is 31.4 Å². The zero-order chi connectivity index (χ0) is 13.2. The van der Waals surface area contributed by atoms with Crippen LogP contribution in [0.15, 0.2) is 18.2 Å². The fourth-order valence-electron chi connectivity index (χ4n) is 2.74. The van der Waals surface area contributed by atoms with Crippen LogP contribution in [-0.4, -0.2) is 26.4 Å². The molecule has 3 heteroatoms. The predicted molar refractivity (Wildman–Crippen MR) is 73.1 cm³/mol. The van der Waals surface area contributed by atoms with Gasteiger partial charge in [-0.1, -0.05) is 19.1 Å². The lowest BCUT2D eigenvalue weighted by Crippen LogP contribution is -2.50. The molecule has 0 radical (unpaired) electrons. The second-order valence-electron chi connectivity index (χ2n) is 5.34. The van der Waals surface area contributed by atoms with Crippen LogP contribution >= 0.6 is 0 Å². The summed E-state index contributed by atoms with van der Waals surface area (Å²) in [6.45, 7) is 5.72. The topological polar surface area (TPSA) is 44.5 Å². The smallest absolute Gasteiger partial charge is 0.122 e. The summed E-state index contributed by atoms with van der Waals surface area (Å²) in [5.41, 5.74) is 8.63. The molecule has 0 aromatic heterocycles. The minimum absolute atomic E-state index is 0.0463. The molecule has 1 aromatic rings. The van der Waals surface area contributed by atoms with E-state index in [9.17, 15) is 0 Å². The second-order valence-corrected chi connectivity index (χ2v) is 5.34. The monoisotopic (exact) mass is 249 g/mol. The highest BCUT2D eigenvalue weighted by Crippen LogP contribution is 2.41. The molecule has 1 atom stereocenters. The van der Waals surface area contributed by atoms with Crippen molar-refractivity contribution >= 4 is 0 Å². The molecule has 0 bridgehead atoms. The average Bonchev–Trinajstić information content (AvgIpc) is 2.32. The summed E-state index contributed by atoms with van der Waals surface area (Å²) in [7, 11) is 1.73. The number of rotatable bonds is 5. The van der Waals surface area contributed by atoms with Crippen molar-refractivity contribution in [2.45, 2.75) is 38.1 Å². The third kappa shape index (κ3) is 2.38. The van der Waals surface area contributed by atoms with Crippen LogP contribution in [0.1, 0.15) is 31.4 Å². The summed E-state index contributed by atoms with van der Waals surface area (Å²) in [5, 5.41) is 0. The highest BCUT2D eigenvalue weighted by atomic mass is 16.5. The first-order valence-electron chi connectivity index (χ1n) is 6.62. The number of nitrogens with two attached hydrogens (primary N) is 1. The van der Waals surface area contributed by atoms with Crippen LogP contribution in [0.2, 0.25) is 0 Å². The number of methoxy groups -OCH3 is 1. The Morgan fingerprint density at radius 1 is 1.44 bits per heavy atom. The molecular weight excluding hydrogens is 226 g/mol. The Kier molecular flexibility index (Phi) is 3.93. The lowest BCUT2D eigenvalue weighted by Gasteiger charge is -2.43. The fraction of sp³-hybridized carbons (Fsp3) is 0.600. The van der Waals surface area contributed by atoms with E-state index in [1.807, 2.05) is 0 Å². The van der Waals surface area contributed by atoms with Crippen molar-refractivity contribution in [1.29, 1.82) is 0 Å². The Bertz CT molecular complexity index is 411. The maximum atomic E-state index is 5.99. The fourth-order valence-corrected chi connectivity index (χ4v) is 2.74. The summed E-state index contributed by atoms with van der Waals surface area (Å²) >= 11 is 0. The molecule has 0 aliphatic carbocycles. The Balaban J connectivity index is 2.39. The summed E-state index contributed by atoms with van der Waals surface area (Å²) in [5.74, 6) is 0.955. The van der Waals surface area contributed by atoms with Gasteiger partial charge in [-0.3, -0.25) is 0 Å². The minimum atomic E-state index is 0.0463. The molecule has 1 saturated heterocycles. The number of ether oxygens (including phenoxy) is 2. The van der Waals surface area contributed by atoms with Crippen LogP contribution in [0.5, 0.6) is 5.75 Å². The molecule has 1 aliphatic rings. The van der Waals surface area contributed by atoms with Gasteiger partial charge in [0.05, 0.1) is 20.3 Å². The Labute approximate surface area is 109 Å². The number of hydrogen-bond donors (Lipinski definition) is 1. The van der Waals surface area contributed by atoms with Crippen LogP contribution in [0, 0.1) is 0 Å². The number of aryl methyl sites for hydroxylation is 1. The normalized spacial score (nSPS) is 19.1. The van der Waals surface area contributed by atoms with Crippen molar-refractivity contribution in [2.75, 3.05) is 20.3 Å². The van der Waals surface area contributed by atoms with Gasteiger partial charge in [0.2, 0.25) is 0 Å². The van der Waals surface area contributed by atoms with Crippen molar-refractivity contribution in [3.8, 4) is 5.75 Å². The summed E-state index contributed by atoms with van der Waals surface area (Å²) in [6.07, 6.45) is 1.97. The van der Waals surface area contributed by atoms with E-state index in [0.29, 0.717) is 0 Å². The molecular formula is C15H23NO2. The lowest BCUT2D eigenvalue weighted by atomic mass is 9.73. The third-order valence-electron chi connectivity index (χ3n) is 3.71. The van der Waals surface area contributed by atoms with Crippen molar-refractivity contribution in [1.82, 2.24) is 0 Å². The SMILES string of the molecule is CCc1ccc(OC)c(C2(CC(C)N)COC2)c1. The molecule has 2 N–H and O–H groups in total. The minimum Gasteiger partial charge on any atom is -0.496 e. The standard InChI is InChI=1S/C15H23NO2/c1-4-12-5-6-14(17-3)13(7-12)15(8-11(2)16)9-18-10-15/h5-7,11H,4,8-10,16H2,1-3H3. The lowest BCUT2D eigenvalue weighted by molar-refractivity contribution is -0.0674. The van der Waals surface area contributed by atoms with E-state index >= 15 is 0 Å². The predicted octanol–water partition coefficient (Wildman–Crippen LogP) is 2.26. The van der Waals surface area contributed by atoms with Crippen molar-refractivity contribution in [3.63, 3.8) is 0 Å². The maximum absolute atomic E-state index is 5.99. The molecule has 100 valence electrons. The average molecular weight is 249 g/mol. The number of benzene rings is 1.